The van der Waals surface area contributed by atoms with E-state index in [2.05, 4.69) is 11.7 Å². The quantitative estimate of drug-likeness (QED) is 0.622. The number of aromatic amines is 1. The highest BCUT2D eigenvalue weighted by Crippen LogP contribution is 2.28. The number of ether oxygens (including phenoxy) is 1. The number of methoxy groups -OCH3 is 1. The van der Waals surface area contributed by atoms with Crippen LogP contribution in [0.3, 0.4) is 0 Å². The molecule has 0 spiro atoms. The second kappa shape index (κ2) is 6.41. The summed E-state index contributed by atoms with van der Waals surface area (Å²) in [4.78, 5) is 12.9. The summed E-state index contributed by atoms with van der Waals surface area (Å²) in [5, 5.41) is 6.25. The van der Waals surface area contributed by atoms with E-state index in [0.717, 1.165) is 27.8 Å². The predicted octanol–water partition coefficient (Wildman–Crippen LogP) is 2.57. The smallest absolute Gasteiger partial charge is 0.279 e. The Labute approximate surface area is 150 Å². The Kier molecular flexibility index (Phi) is 3.93. The molecule has 0 radical (unpaired) electrons. The summed E-state index contributed by atoms with van der Waals surface area (Å²) >= 11 is 0. The van der Waals surface area contributed by atoms with Crippen molar-refractivity contribution in [3.05, 3.63) is 93.2 Å². The lowest BCUT2D eigenvalue weighted by molar-refractivity contribution is 0.414. The maximum atomic E-state index is 12.9. The summed E-state index contributed by atoms with van der Waals surface area (Å²) in [6, 6.07) is 21.4. The molecule has 1 aromatic heterocycles. The zero-order valence-corrected chi connectivity index (χ0v) is 14.4. The minimum Gasteiger partial charge on any atom is -0.496 e. The lowest BCUT2D eigenvalue weighted by Crippen LogP contribution is -2.34. The molecule has 0 saturated heterocycles. The van der Waals surface area contributed by atoms with Gasteiger partial charge in [0.15, 0.2) is 0 Å². The largest absolute Gasteiger partial charge is 0.496 e. The van der Waals surface area contributed by atoms with Crippen molar-refractivity contribution >= 4 is 23.4 Å². The molecule has 4 aromatic rings. The maximum absolute atomic E-state index is 12.9. The van der Waals surface area contributed by atoms with Crippen molar-refractivity contribution < 1.29 is 4.74 Å². The lowest BCUT2D eigenvalue weighted by Gasteiger charge is -2.08. The molecule has 4 nitrogen and oxygen atoms in total. The van der Waals surface area contributed by atoms with Crippen LogP contribution in [-0.2, 0) is 0 Å². The number of benzene rings is 3. The van der Waals surface area contributed by atoms with Gasteiger partial charge in [0.2, 0.25) is 0 Å². The fourth-order valence-electron chi connectivity index (χ4n) is 3.15. The van der Waals surface area contributed by atoms with Gasteiger partial charge in [-0.05, 0) is 35.0 Å². The number of nitrogens with zero attached hydrogens (tertiary/aromatic N) is 1. The van der Waals surface area contributed by atoms with Crippen molar-refractivity contribution in [1.29, 1.82) is 0 Å². The highest BCUT2D eigenvalue weighted by atomic mass is 16.5. The van der Waals surface area contributed by atoms with Crippen LogP contribution in [0.5, 0.6) is 5.75 Å². The van der Waals surface area contributed by atoms with Crippen LogP contribution in [0.2, 0.25) is 0 Å². The zero-order chi connectivity index (χ0) is 18.1. The molecule has 0 aliphatic heterocycles. The van der Waals surface area contributed by atoms with Gasteiger partial charge in [0, 0.05) is 5.56 Å². The molecule has 0 bridgehead atoms. The monoisotopic (exact) mass is 342 g/mol. The minimum absolute atomic E-state index is 0.142. The van der Waals surface area contributed by atoms with Crippen molar-refractivity contribution in [2.24, 2.45) is 0 Å². The van der Waals surface area contributed by atoms with Gasteiger partial charge < -0.3 is 4.74 Å². The third-order valence-electron chi connectivity index (χ3n) is 4.46. The van der Waals surface area contributed by atoms with E-state index in [9.17, 15) is 4.79 Å². The number of fused-ring (bicyclic) bond motifs is 1. The fourth-order valence-corrected chi connectivity index (χ4v) is 3.15. The average Bonchev–Trinajstić information content (AvgIpc) is 2.97. The Bertz CT molecular complexity index is 1250. The van der Waals surface area contributed by atoms with E-state index in [1.807, 2.05) is 72.8 Å². The van der Waals surface area contributed by atoms with E-state index in [-0.39, 0.29) is 5.56 Å². The van der Waals surface area contributed by atoms with E-state index in [1.54, 1.807) is 7.11 Å². The second-order valence-corrected chi connectivity index (χ2v) is 6.03. The fraction of sp³-hybridized carbons (Fsp3) is 0.0455. The van der Waals surface area contributed by atoms with Gasteiger partial charge in [-0.25, -0.2) is 4.68 Å². The van der Waals surface area contributed by atoms with Crippen molar-refractivity contribution in [1.82, 2.24) is 9.78 Å². The Morgan fingerprint density at radius 2 is 1.73 bits per heavy atom. The molecular formula is C22H18N2O2. The third kappa shape index (κ3) is 2.62. The molecule has 4 heteroatoms. The van der Waals surface area contributed by atoms with Crippen LogP contribution in [0.25, 0.3) is 29.1 Å². The topological polar surface area (TPSA) is 47.0 Å². The van der Waals surface area contributed by atoms with Crippen LogP contribution in [0.15, 0.2) is 71.5 Å². The average molecular weight is 342 g/mol. The number of para-hydroxylation sites is 1. The molecule has 0 amide bonds. The number of nitrogens with one attached hydrogen (secondary N) is 1. The predicted molar refractivity (Wildman–Crippen MR) is 105 cm³/mol. The van der Waals surface area contributed by atoms with Crippen molar-refractivity contribution in [3.8, 4) is 11.4 Å². The van der Waals surface area contributed by atoms with Gasteiger partial charge in [-0.1, -0.05) is 55.1 Å². The van der Waals surface area contributed by atoms with Gasteiger partial charge in [-0.15, -0.1) is 0 Å². The minimum atomic E-state index is -0.142. The Balaban J connectivity index is 2.02. The first-order valence-corrected chi connectivity index (χ1v) is 8.32. The van der Waals surface area contributed by atoms with Gasteiger partial charge in [-0.2, -0.15) is 0 Å². The molecule has 0 saturated carbocycles. The highest BCUT2D eigenvalue weighted by molar-refractivity contribution is 5.93. The standard InChI is InChI=1S/C22H18N2O2/c1-15-19(22(25)24(23-15)17-9-4-3-5-10-17)14-20-18-11-7-6-8-16(18)12-13-21(20)26-2/h3-14,23H,1H2,2H3/b19-14+. The number of H-pyrrole nitrogens is 1. The molecular weight excluding hydrogens is 324 g/mol. The zero-order valence-electron chi connectivity index (χ0n) is 14.4. The Morgan fingerprint density at radius 1 is 1.00 bits per heavy atom. The van der Waals surface area contributed by atoms with Gasteiger partial charge in [0.05, 0.1) is 23.4 Å². The number of hydrogen-bond donors (Lipinski definition) is 1. The van der Waals surface area contributed by atoms with Crippen LogP contribution in [-0.4, -0.2) is 16.9 Å². The maximum Gasteiger partial charge on any atom is 0.279 e. The molecule has 0 aliphatic carbocycles. The normalized spacial score (nSPS) is 11.8. The van der Waals surface area contributed by atoms with Crippen molar-refractivity contribution in [2.75, 3.05) is 7.11 Å². The molecule has 1 heterocycles. The number of aromatic nitrogens is 2. The molecule has 0 aliphatic rings. The van der Waals surface area contributed by atoms with Crippen LogP contribution in [0.4, 0.5) is 0 Å². The van der Waals surface area contributed by atoms with Crippen LogP contribution in [0.1, 0.15) is 5.56 Å². The highest BCUT2D eigenvalue weighted by Gasteiger charge is 2.09. The Morgan fingerprint density at radius 3 is 2.50 bits per heavy atom. The van der Waals surface area contributed by atoms with Gasteiger partial charge in [0.1, 0.15) is 5.75 Å². The number of hydrogen-bond acceptors (Lipinski definition) is 2. The first kappa shape index (κ1) is 16.0. The van der Waals surface area contributed by atoms with E-state index in [4.69, 9.17) is 4.74 Å². The molecule has 0 unspecified atom stereocenters. The second-order valence-electron chi connectivity index (χ2n) is 6.03. The molecule has 4 rings (SSSR count). The van der Waals surface area contributed by atoms with Crippen molar-refractivity contribution in [3.63, 3.8) is 0 Å². The van der Waals surface area contributed by atoms with Crippen LogP contribution >= 0.6 is 0 Å². The summed E-state index contributed by atoms with van der Waals surface area (Å²) in [5.74, 6) is 0.718. The summed E-state index contributed by atoms with van der Waals surface area (Å²) in [6.07, 6.45) is 1.85. The van der Waals surface area contributed by atoms with E-state index >= 15 is 0 Å². The van der Waals surface area contributed by atoms with E-state index < -0.39 is 0 Å². The molecule has 26 heavy (non-hydrogen) atoms. The Hall–Kier alpha value is -3.53. The summed E-state index contributed by atoms with van der Waals surface area (Å²) in [7, 11) is 1.63. The molecule has 0 atom stereocenters. The van der Waals surface area contributed by atoms with Gasteiger partial charge >= 0.3 is 0 Å². The first-order valence-electron chi connectivity index (χ1n) is 8.32. The molecule has 128 valence electrons. The van der Waals surface area contributed by atoms with Gasteiger partial charge in [0.25, 0.3) is 5.56 Å². The van der Waals surface area contributed by atoms with Crippen molar-refractivity contribution in [2.45, 2.75) is 0 Å². The van der Waals surface area contributed by atoms with Gasteiger partial charge in [-0.3, -0.25) is 9.89 Å². The van der Waals surface area contributed by atoms with Crippen LogP contribution < -0.4 is 20.9 Å². The SMILES string of the molecule is C=c1[nH]n(-c2ccccc2)c(=O)/c1=C/c1c(OC)ccc2ccccc12. The summed E-state index contributed by atoms with van der Waals surface area (Å²) in [6.45, 7) is 4.01. The molecule has 0 fully saturated rings. The summed E-state index contributed by atoms with van der Waals surface area (Å²) < 4.78 is 7.03. The van der Waals surface area contributed by atoms with E-state index in [1.165, 1.54) is 4.68 Å². The van der Waals surface area contributed by atoms with E-state index in [0.29, 0.717) is 10.6 Å². The molecule has 1 N–H and O–H groups in total. The third-order valence-corrected chi connectivity index (χ3v) is 4.46. The first-order chi connectivity index (χ1) is 12.7. The summed E-state index contributed by atoms with van der Waals surface area (Å²) in [5.41, 5.74) is 1.50. The molecule has 3 aromatic carbocycles. The number of rotatable bonds is 3. The van der Waals surface area contributed by atoms with Crippen LogP contribution in [0, 0.1) is 0 Å². The lowest BCUT2D eigenvalue weighted by atomic mass is 10.0.